The van der Waals surface area contributed by atoms with Crippen molar-refractivity contribution in [2.45, 2.75) is 45.4 Å². The lowest BCUT2D eigenvalue weighted by atomic mass is 9.51. The van der Waals surface area contributed by atoms with E-state index < -0.39 is 52.8 Å². The Morgan fingerprint density at radius 3 is 2.56 bits per heavy atom. The average Bonchev–Trinajstić information content (AvgIpc) is 3.82. The summed E-state index contributed by atoms with van der Waals surface area (Å²) in [6, 6.07) is 18.4. The number of phenols is 1. The Balaban J connectivity index is 1.17. The second-order valence-electron chi connectivity index (χ2n) is 15.4. The van der Waals surface area contributed by atoms with Crippen LogP contribution in [-0.2, 0) is 31.0 Å². The van der Waals surface area contributed by atoms with Gasteiger partial charge in [-0.15, -0.1) is 11.3 Å². The third-order valence-electron chi connectivity index (χ3n) is 12.6. The Morgan fingerprint density at radius 1 is 1.00 bits per heavy atom. The number of benzene rings is 3. The Labute approximate surface area is 324 Å². The number of aryl methyl sites for hydroxylation is 2. The summed E-state index contributed by atoms with van der Waals surface area (Å²) in [7, 11) is 1.70. The van der Waals surface area contributed by atoms with Gasteiger partial charge in [0.25, 0.3) is 0 Å². The van der Waals surface area contributed by atoms with Gasteiger partial charge in [-0.25, -0.2) is 4.90 Å². The molecule has 5 aromatic rings. The van der Waals surface area contributed by atoms with Crippen LogP contribution in [0.15, 0.2) is 72.3 Å². The van der Waals surface area contributed by atoms with E-state index in [0.717, 1.165) is 36.9 Å². The number of likely N-dealkylation sites (tertiary alicyclic amines) is 1. The van der Waals surface area contributed by atoms with E-state index >= 15 is 4.79 Å². The summed E-state index contributed by atoms with van der Waals surface area (Å²) < 4.78 is 2.58. The summed E-state index contributed by atoms with van der Waals surface area (Å²) in [5, 5.41) is 28.9. The van der Waals surface area contributed by atoms with Crippen molar-refractivity contribution in [3.05, 3.63) is 88.5 Å². The zero-order chi connectivity index (χ0) is 38.7. The van der Waals surface area contributed by atoms with Gasteiger partial charge in [-0.1, -0.05) is 53.6 Å². The highest BCUT2D eigenvalue weighted by molar-refractivity contribution is 7.22. The molecule has 11 nitrogen and oxygen atoms in total. The van der Waals surface area contributed by atoms with E-state index in [1.807, 2.05) is 61.5 Å². The van der Waals surface area contributed by atoms with Crippen molar-refractivity contribution in [3.63, 3.8) is 0 Å². The molecular weight excluding hydrogens is 740 g/mol. The minimum Gasteiger partial charge on any atom is -0.508 e. The number of rotatable bonds is 7. The summed E-state index contributed by atoms with van der Waals surface area (Å²) >= 11 is 7.87. The van der Waals surface area contributed by atoms with E-state index in [9.17, 15) is 29.4 Å². The molecule has 2 N–H and O–H groups in total. The van der Waals surface area contributed by atoms with Crippen molar-refractivity contribution >= 4 is 79.2 Å². The summed E-state index contributed by atoms with van der Waals surface area (Å²) in [6.07, 6.45) is 2.30. The van der Waals surface area contributed by atoms with Gasteiger partial charge in [0.15, 0.2) is 0 Å². The number of aromatic nitrogens is 2. The fourth-order valence-electron chi connectivity index (χ4n) is 10.0. The number of carbonyl (C=O) groups is 5. The highest BCUT2D eigenvalue weighted by Gasteiger charge is 2.68. The summed E-state index contributed by atoms with van der Waals surface area (Å²) in [4.78, 5) is 72.7. The van der Waals surface area contributed by atoms with Crippen molar-refractivity contribution in [1.82, 2.24) is 14.7 Å². The first-order chi connectivity index (χ1) is 26.3. The van der Waals surface area contributed by atoms with Crippen LogP contribution in [0.2, 0.25) is 5.02 Å². The Morgan fingerprint density at radius 2 is 1.78 bits per heavy atom. The van der Waals surface area contributed by atoms with Gasteiger partial charge in [-0.2, -0.15) is 5.10 Å². The van der Waals surface area contributed by atoms with E-state index in [-0.39, 0.29) is 49.8 Å². The number of aromatic hydroxyl groups is 1. The number of aliphatic carboxylic acids is 1. The first-order valence-electron chi connectivity index (χ1n) is 18.4. The number of thiophene rings is 1. The van der Waals surface area contributed by atoms with Crippen LogP contribution in [0.25, 0.3) is 31.4 Å². The van der Waals surface area contributed by atoms with Crippen molar-refractivity contribution < 1.29 is 34.2 Å². The van der Waals surface area contributed by atoms with Crippen molar-refractivity contribution in [2.75, 3.05) is 11.4 Å². The summed E-state index contributed by atoms with van der Waals surface area (Å²) in [5.74, 6) is -6.06. The second kappa shape index (κ2) is 12.6. The van der Waals surface area contributed by atoms with E-state index in [0.29, 0.717) is 22.1 Å². The highest BCUT2D eigenvalue weighted by atomic mass is 35.5. The first-order valence-corrected chi connectivity index (χ1v) is 19.6. The number of nitrogens with zero attached hydrogens (tertiary/aromatic N) is 4. The largest absolute Gasteiger partial charge is 0.508 e. The van der Waals surface area contributed by atoms with Crippen LogP contribution >= 0.6 is 22.9 Å². The predicted molar refractivity (Wildman–Crippen MR) is 208 cm³/mol. The third kappa shape index (κ3) is 5.07. The molecule has 0 radical (unpaired) electrons. The molecule has 2 aliphatic carbocycles. The highest BCUT2D eigenvalue weighted by Crippen LogP contribution is 2.65. The lowest BCUT2D eigenvalue weighted by Gasteiger charge is -2.49. The van der Waals surface area contributed by atoms with Crippen LogP contribution in [0.3, 0.4) is 0 Å². The molecule has 4 aliphatic rings. The SMILES string of the molecule is Cc1c(-c2cc(N3C(=O)C4CC5C(=CCC6C(=O)N(CCCC(=O)O)C(=O)C65)C(c5c(O)ccc6ccccc56)C4(C)C3=O)n(C)n2)sc2ccc(Cl)cc12. The molecule has 4 heterocycles. The maximum Gasteiger partial charge on any atom is 0.303 e. The average molecular weight is 777 g/mol. The molecule has 55 heavy (non-hydrogen) atoms. The number of anilines is 1. The number of halogens is 1. The minimum absolute atomic E-state index is 0.00592. The lowest BCUT2D eigenvalue weighted by Crippen LogP contribution is -2.49. The number of carboxylic acid groups (broad SMARTS) is 1. The zero-order valence-electron chi connectivity index (χ0n) is 30.3. The second-order valence-corrected chi connectivity index (χ2v) is 16.9. The van der Waals surface area contributed by atoms with Gasteiger partial charge < -0.3 is 10.2 Å². The number of phenolic OH excluding ortho intramolecular Hbond substituents is 1. The maximum absolute atomic E-state index is 15.3. The lowest BCUT2D eigenvalue weighted by molar-refractivity contribution is -0.142. The Bertz CT molecular complexity index is 2570. The molecule has 6 atom stereocenters. The molecule has 6 unspecified atom stereocenters. The van der Waals surface area contributed by atoms with E-state index in [4.69, 9.17) is 16.7 Å². The summed E-state index contributed by atoms with van der Waals surface area (Å²) in [5.41, 5.74) is 1.47. The van der Waals surface area contributed by atoms with Crippen LogP contribution in [0, 0.1) is 36.0 Å². The fraction of sp³-hybridized carbons (Fsp3) is 0.333. The van der Waals surface area contributed by atoms with Gasteiger partial charge in [-0.05, 0) is 85.0 Å². The molecule has 280 valence electrons. The molecule has 2 aliphatic heterocycles. The van der Waals surface area contributed by atoms with E-state index in [1.165, 1.54) is 9.80 Å². The van der Waals surface area contributed by atoms with Gasteiger partial charge in [0, 0.05) is 47.3 Å². The number of carboxylic acids is 1. The topological polar surface area (TPSA) is 150 Å². The number of hydrogen-bond donors (Lipinski definition) is 2. The molecule has 13 heteroatoms. The number of fused-ring (bicyclic) bond motifs is 6. The number of hydrogen-bond acceptors (Lipinski definition) is 8. The smallest absolute Gasteiger partial charge is 0.303 e. The normalized spacial score (nSPS) is 26.2. The maximum atomic E-state index is 15.3. The van der Waals surface area contributed by atoms with Gasteiger partial charge in [0.2, 0.25) is 23.6 Å². The fourth-order valence-corrected chi connectivity index (χ4v) is 11.3. The quantitative estimate of drug-likeness (QED) is 0.130. The third-order valence-corrected chi connectivity index (χ3v) is 14.1. The van der Waals surface area contributed by atoms with Crippen LogP contribution in [0.1, 0.15) is 49.7 Å². The standard InChI is InChI=1S/C42H37ClN4O7S/c1-20-26-17-22(43)11-15-31(26)55-37(20)29-19-32(45(3)44-29)47-39(52)28-18-27-24(12-13-25-34(27)40(53)46(38(25)51)16-6-9-33(49)50)36(42(28,2)41(47)54)35-23-8-5-4-7-21(23)10-14-30(35)48/h4-5,7-8,10-12,14-15,17,19,25,27-28,34,36,48H,6,9,13,16,18H2,1-3H3,(H,49,50). The number of imide groups is 2. The molecule has 0 spiro atoms. The van der Waals surface area contributed by atoms with Gasteiger partial charge >= 0.3 is 5.97 Å². The first kappa shape index (κ1) is 35.4. The zero-order valence-corrected chi connectivity index (χ0v) is 31.9. The molecule has 3 fully saturated rings. The molecule has 4 amide bonds. The monoisotopic (exact) mass is 776 g/mol. The van der Waals surface area contributed by atoms with Crippen molar-refractivity contribution in [2.24, 2.45) is 36.1 Å². The van der Waals surface area contributed by atoms with Crippen LogP contribution < -0.4 is 4.90 Å². The van der Waals surface area contributed by atoms with Crippen molar-refractivity contribution in [1.29, 1.82) is 0 Å². The van der Waals surface area contributed by atoms with Crippen molar-refractivity contribution in [3.8, 4) is 16.3 Å². The summed E-state index contributed by atoms with van der Waals surface area (Å²) in [6.45, 7) is 3.78. The number of amides is 4. The van der Waals surface area contributed by atoms with Gasteiger partial charge in [0.05, 0.1) is 28.0 Å². The molecule has 1 saturated carbocycles. The van der Waals surface area contributed by atoms with E-state index in [2.05, 4.69) is 0 Å². The molecule has 9 rings (SSSR count). The van der Waals surface area contributed by atoms with Gasteiger partial charge in [-0.3, -0.25) is 33.6 Å². The molecule has 2 saturated heterocycles. The Hall–Kier alpha value is -5.33. The van der Waals surface area contributed by atoms with Crippen LogP contribution in [0.4, 0.5) is 5.82 Å². The minimum atomic E-state index is -1.38. The van der Waals surface area contributed by atoms with Gasteiger partial charge in [0.1, 0.15) is 17.3 Å². The van der Waals surface area contributed by atoms with Crippen LogP contribution in [0.5, 0.6) is 5.75 Å². The Kier molecular flexibility index (Phi) is 8.11. The number of carbonyl (C=O) groups excluding carboxylic acids is 4. The van der Waals surface area contributed by atoms with Crippen LogP contribution in [-0.4, -0.2) is 61.0 Å². The molecular formula is C42H37ClN4O7S. The molecule has 2 aromatic heterocycles. The predicted octanol–water partition coefficient (Wildman–Crippen LogP) is 7.22. The number of allylic oxidation sites excluding steroid dienone is 2. The molecule has 0 bridgehead atoms. The molecule has 3 aromatic carbocycles. The van der Waals surface area contributed by atoms with E-state index in [1.54, 1.807) is 42.1 Å².